The minimum absolute atomic E-state index is 0.0667. The Bertz CT molecular complexity index is 1140. The number of nitrogens with zero attached hydrogens (tertiary/aromatic N) is 2. The molecule has 3 rings (SSSR count). The molecule has 0 spiro atoms. The Morgan fingerprint density at radius 2 is 1.44 bits per heavy atom. The maximum Gasteiger partial charge on any atom is 0.300 e. The van der Waals surface area contributed by atoms with Crippen LogP contribution in [0.1, 0.15) is 22.8 Å². The summed E-state index contributed by atoms with van der Waals surface area (Å²) in [7, 11) is -0.798. The van der Waals surface area contributed by atoms with Gasteiger partial charge in [0.1, 0.15) is 5.84 Å². The molecule has 0 bridgehead atoms. The highest BCUT2D eigenvalue weighted by molar-refractivity contribution is 7.89. The maximum atomic E-state index is 13.0. The van der Waals surface area contributed by atoms with Gasteiger partial charge in [-0.2, -0.15) is 4.31 Å². The highest BCUT2D eigenvalue weighted by Crippen LogP contribution is 2.31. The minimum Gasteiger partial charge on any atom is -0.493 e. The molecule has 34 heavy (non-hydrogen) atoms. The number of carbonyl (C=O) groups is 2. The first-order chi connectivity index (χ1) is 16.0. The third-order valence-corrected chi connectivity index (χ3v) is 6.86. The lowest BCUT2D eigenvalue weighted by atomic mass is 10.1. The molecule has 0 unspecified atom stereocenters. The number of nitrogens with two attached hydrogens (primary N) is 1. The van der Waals surface area contributed by atoms with E-state index < -0.39 is 16.0 Å². The number of hydrogen-bond donors (Lipinski definition) is 3. The fourth-order valence-corrected chi connectivity index (χ4v) is 4.67. The minimum atomic E-state index is -3.73. The van der Waals surface area contributed by atoms with Crippen LogP contribution in [0.3, 0.4) is 0 Å². The molecule has 184 valence electrons. The van der Waals surface area contributed by atoms with Crippen molar-refractivity contribution in [2.75, 3.05) is 40.4 Å². The van der Waals surface area contributed by atoms with Crippen molar-refractivity contribution in [3.8, 4) is 11.5 Å². The number of piperazine rings is 1. The first-order valence-electron chi connectivity index (χ1n) is 10.2. The number of carboxylic acids is 1. The van der Waals surface area contributed by atoms with Gasteiger partial charge in [0.05, 0.1) is 19.1 Å². The lowest BCUT2D eigenvalue weighted by Crippen LogP contribution is -2.50. The third kappa shape index (κ3) is 6.45. The molecular weight excluding hydrogens is 464 g/mol. The van der Waals surface area contributed by atoms with Crippen molar-refractivity contribution in [3.63, 3.8) is 0 Å². The van der Waals surface area contributed by atoms with Gasteiger partial charge in [-0.3, -0.25) is 15.0 Å². The molecule has 1 aliphatic rings. The van der Waals surface area contributed by atoms with Crippen LogP contribution in [-0.4, -0.2) is 80.8 Å². The average molecular weight is 493 g/mol. The molecule has 2 aromatic carbocycles. The number of carboxylic acid groups (broad SMARTS) is 1. The molecule has 1 fully saturated rings. The number of sulfonamides is 1. The van der Waals surface area contributed by atoms with Gasteiger partial charge in [0.2, 0.25) is 10.0 Å². The first-order valence-corrected chi connectivity index (χ1v) is 11.6. The van der Waals surface area contributed by atoms with Crippen molar-refractivity contribution >= 4 is 27.7 Å². The fraction of sp³-hybridized carbons (Fsp3) is 0.318. The van der Waals surface area contributed by atoms with Crippen molar-refractivity contribution in [2.24, 2.45) is 5.73 Å². The number of nitrogens with one attached hydrogen (secondary N) is 1. The van der Waals surface area contributed by atoms with Gasteiger partial charge in [-0.05, 0) is 24.3 Å². The topological polar surface area (TPSA) is 163 Å². The van der Waals surface area contributed by atoms with Gasteiger partial charge in [-0.1, -0.05) is 12.1 Å². The molecule has 1 heterocycles. The van der Waals surface area contributed by atoms with Crippen LogP contribution >= 0.6 is 0 Å². The van der Waals surface area contributed by atoms with Crippen LogP contribution in [0.15, 0.2) is 47.4 Å². The van der Waals surface area contributed by atoms with E-state index in [0.29, 0.717) is 22.6 Å². The van der Waals surface area contributed by atoms with E-state index >= 15 is 0 Å². The quantitative estimate of drug-likeness (QED) is 0.400. The van der Waals surface area contributed by atoms with E-state index in [0.717, 1.165) is 6.92 Å². The van der Waals surface area contributed by atoms with Crippen LogP contribution in [0.5, 0.6) is 11.5 Å². The standard InChI is InChI=1S/C20H24N4O5S.C2H4O2/c1-28-17-8-7-16(13-18(17)29-2)30(26,27)24-11-9-23(10-12-24)20(25)15-5-3-14(4-6-15)19(21)22;1-2(3)4/h3-8,13H,9-12H2,1-2H3,(H3,21,22);1H3,(H,3,4). The average Bonchev–Trinajstić information content (AvgIpc) is 2.82. The highest BCUT2D eigenvalue weighted by atomic mass is 32.2. The Hall–Kier alpha value is -3.64. The number of methoxy groups -OCH3 is 2. The van der Waals surface area contributed by atoms with Gasteiger partial charge in [0, 0.05) is 50.3 Å². The molecule has 1 amide bonds. The lowest BCUT2D eigenvalue weighted by molar-refractivity contribution is -0.134. The monoisotopic (exact) mass is 492 g/mol. The molecule has 1 aliphatic heterocycles. The van der Waals surface area contributed by atoms with Crippen molar-refractivity contribution in [2.45, 2.75) is 11.8 Å². The van der Waals surface area contributed by atoms with Crippen molar-refractivity contribution in [1.29, 1.82) is 5.41 Å². The van der Waals surface area contributed by atoms with E-state index in [1.54, 1.807) is 35.2 Å². The predicted octanol–water partition coefficient (Wildman–Crippen LogP) is 1.23. The smallest absolute Gasteiger partial charge is 0.300 e. The van der Waals surface area contributed by atoms with Gasteiger partial charge < -0.3 is 25.2 Å². The van der Waals surface area contributed by atoms with Crippen molar-refractivity contribution in [3.05, 3.63) is 53.6 Å². The van der Waals surface area contributed by atoms with E-state index in [-0.39, 0.29) is 42.8 Å². The lowest BCUT2D eigenvalue weighted by Gasteiger charge is -2.34. The normalized spacial score (nSPS) is 13.9. The van der Waals surface area contributed by atoms with Crippen LogP contribution in [0.25, 0.3) is 0 Å². The second-order valence-corrected chi connectivity index (χ2v) is 9.16. The summed E-state index contributed by atoms with van der Waals surface area (Å²) in [5, 5.41) is 14.8. The molecule has 0 radical (unpaired) electrons. The van der Waals surface area contributed by atoms with Crippen LogP contribution in [0.2, 0.25) is 0 Å². The maximum absolute atomic E-state index is 13.0. The van der Waals surface area contributed by atoms with Gasteiger partial charge in [-0.15, -0.1) is 0 Å². The number of aliphatic carboxylic acids is 1. The molecule has 1 saturated heterocycles. The zero-order valence-corrected chi connectivity index (χ0v) is 20.0. The molecule has 0 atom stereocenters. The summed E-state index contributed by atoms with van der Waals surface area (Å²) in [5.41, 5.74) is 6.44. The van der Waals surface area contributed by atoms with Crippen LogP contribution in [0, 0.1) is 5.41 Å². The second kappa shape index (κ2) is 11.5. The summed E-state index contributed by atoms with van der Waals surface area (Å²) in [6.07, 6.45) is 0. The summed E-state index contributed by atoms with van der Waals surface area (Å²) in [5.74, 6) is -0.305. The van der Waals surface area contributed by atoms with Gasteiger partial charge in [0.25, 0.3) is 11.9 Å². The van der Waals surface area contributed by atoms with Crippen LogP contribution in [0.4, 0.5) is 0 Å². The van der Waals surface area contributed by atoms with E-state index in [2.05, 4.69) is 0 Å². The van der Waals surface area contributed by atoms with Gasteiger partial charge >= 0.3 is 0 Å². The molecule has 0 aromatic heterocycles. The highest BCUT2D eigenvalue weighted by Gasteiger charge is 2.31. The summed E-state index contributed by atoms with van der Waals surface area (Å²) < 4.78 is 37.7. The third-order valence-electron chi connectivity index (χ3n) is 4.96. The largest absolute Gasteiger partial charge is 0.493 e. The Kier molecular flexibility index (Phi) is 8.98. The summed E-state index contributed by atoms with van der Waals surface area (Å²) >= 11 is 0. The zero-order chi connectivity index (χ0) is 25.5. The summed E-state index contributed by atoms with van der Waals surface area (Å²) in [6, 6.07) is 10.9. The number of nitrogen functional groups attached to an aromatic ring is 1. The molecule has 12 heteroatoms. The Labute approximate surface area is 198 Å². The Morgan fingerprint density at radius 1 is 0.941 bits per heavy atom. The molecule has 0 saturated carbocycles. The fourth-order valence-electron chi connectivity index (χ4n) is 3.23. The van der Waals surface area contributed by atoms with Gasteiger partial charge in [-0.25, -0.2) is 8.42 Å². The van der Waals surface area contributed by atoms with E-state index in [1.807, 2.05) is 0 Å². The molecule has 2 aromatic rings. The van der Waals surface area contributed by atoms with Gasteiger partial charge in [0.15, 0.2) is 11.5 Å². The number of ether oxygens (including phenoxy) is 2. The molecule has 4 N–H and O–H groups in total. The summed E-state index contributed by atoms with van der Waals surface area (Å²) in [6.45, 7) is 2.02. The number of benzene rings is 2. The Balaban J connectivity index is 0.000000945. The van der Waals surface area contributed by atoms with E-state index in [1.165, 1.54) is 30.7 Å². The van der Waals surface area contributed by atoms with E-state index in [9.17, 15) is 13.2 Å². The van der Waals surface area contributed by atoms with Crippen LogP contribution in [-0.2, 0) is 14.8 Å². The van der Waals surface area contributed by atoms with Crippen molar-refractivity contribution < 1.29 is 32.6 Å². The number of rotatable bonds is 6. The second-order valence-electron chi connectivity index (χ2n) is 7.22. The molecule has 11 nitrogen and oxygen atoms in total. The predicted molar refractivity (Wildman–Crippen MR) is 125 cm³/mol. The molecule has 0 aliphatic carbocycles. The summed E-state index contributed by atoms with van der Waals surface area (Å²) in [4.78, 5) is 23.4. The van der Waals surface area contributed by atoms with Crippen molar-refractivity contribution in [1.82, 2.24) is 9.21 Å². The van der Waals surface area contributed by atoms with Crippen LogP contribution < -0.4 is 15.2 Å². The number of amides is 1. The zero-order valence-electron chi connectivity index (χ0n) is 19.1. The van der Waals surface area contributed by atoms with E-state index in [4.69, 9.17) is 30.5 Å². The first kappa shape index (κ1) is 26.6. The number of hydrogen-bond acceptors (Lipinski definition) is 7. The number of carbonyl (C=O) groups excluding carboxylic acids is 1. The molecular formula is C22H28N4O7S. The SMILES string of the molecule is CC(=O)O.COc1ccc(S(=O)(=O)N2CCN(C(=O)c3ccc(C(=N)N)cc3)CC2)cc1OC. The Morgan fingerprint density at radius 3 is 1.91 bits per heavy atom. The number of amidine groups is 1.